The van der Waals surface area contributed by atoms with Crippen LogP contribution >= 0.6 is 23.2 Å². The van der Waals surface area contributed by atoms with Crippen LogP contribution in [0, 0.1) is 6.92 Å². The van der Waals surface area contributed by atoms with E-state index in [-0.39, 0.29) is 12.5 Å². The van der Waals surface area contributed by atoms with E-state index in [0.29, 0.717) is 22.3 Å². The Kier molecular flexibility index (Phi) is 5.45. The van der Waals surface area contributed by atoms with Crippen LogP contribution in [-0.4, -0.2) is 34.2 Å². The van der Waals surface area contributed by atoms with Gasteiger partial charge in [0, 0.05) is 24.8 Å². The molecule has 2 rings (SSSR count). The van der Waals surface area contributed by atoms with Crippen molar-refractivity contribution in [3.05, 3.63) is 45.7 Å². The first-order chi connectivity index (χ1) is 10.4. The number of benzene rings is 1. The smallest absolute Gasteiger partial charge is 0.238 e. The normalized spacial score (nSPS) is 11.0. The first-order valence-corrected chi connectivity index (χ1v) is 7.54. The molecule has 0 bridgehead atoms. The van der Waals surface area contributed by atoms with Crippen LogP contribution in [0.4, 0.5) is 5.69 Å². The van der Waals surface area contributed by atoms with Crippen molar-refractivity contribution in [2.45, 2.75) is 13.5 Å². The number of carbonyl (C=O) groups excluding carboxylic acids is 1. The minimum Gasteiger partial charge on any atom is -0.322 e. The number of nitrogens with one attached hydrogen (secondary N) is 1. The highest BCUT2D eigenvalue weighted by molar-refractivity contribution is 6.39. The van der Waals surface area contributed by atoms with Crippen LogP contribution in [0.3, 0.4) is 0 Å². The number of carbonyl (C=O) groups is 1. The summed E-state index contributed by atoms with van der Waals surface area (Å²) in [4.78, 5) is 14.0. The topological polar surface area (TPSA) is 50.2 Å². The molecule has 0 spiro atoms. The molecular formula is C15H18Cl2N4O. The van der Waals surface area contributed by atoms with E-state index in [4.69, 9.17) is 23.2 Å². The number of likely N-dealkylation sites (N-methyl/N-ethyl adjacent to an activating group) is 1. The summed E-state index contributed by atoms with van der Waals surface area (Å²) in [6.07, 6.45) is 1.81. The summed E-state index contributed by atoms with van der Waals surface area (Å²) >= 11 is 12.1. The lowest BCUT2D eigenvalue weighted by Crippen LogP contribution is -2.30. The Bertz CT molecular complexity index is 664. The molecule has 118 valence electrons. The van der Waals surface area contributed by atoms with E-state index >= 15 is 0 Å². The highest BCUT2D eigenvalue weighted by Crippen LogP contribution is 2.29. The van der Waals surface area contributed by atoms with Gasteiger partial charge in [-0.15, -0.1) is 0 Å². The number of anilines is 1. The third kappa shape index (κ3) is 4.00. The molecule has 1 aromatic carbocycles. The summed E-state index contributed by atoms with van der Waals surface area (Å²) in [6, 6.07) is 5.11. The van der Waals surface area contributed by atoms with Gasteiger partial charge in [-0.25, -0.2) is 0 Å². The van der Waals surface area contributed by atoms with Gasteiger partial charge in [-0.05, 0) is 26.1 Å². The monoisotopic (exact) mass is 340 g/mol. The molecule has 0 saturated heterocycles. The first kappa shape index (κ1) is 16.8. The van der Waals surface area contributed by atoms with E-state index in [9.17, 15) is 4.79 Å². The van der Waals surface area contributed by atoms with Crippen molar-refractivity contribution in [1.29, 1.82) is 0 Å². The van der Waals surface area contributed by atoms with Crippen molar-refractivity contribution in [3.8, 4) is 0 Å². The fourth-order valence-corrected chi connectivity index (χ4v) is 2.58. The molecule has 0 radical (unpaired) electrons. The number of rotatable bonds is 5. The van der Waals surface area contributed by atoms with Gasteiger partial charge in [-0.3, -0.25) is 14.4 Å². The minimum absolute atomic E-state index is 0.168. The summed E-state index contributed by atoms with van der Waals surface area (Å²) in [5, 5.41) is 7.79. The lowest BCUT2D eigenvalue weighted by Gasteiger charge is -2.17. The molecule has 1 aromatic heterocycles. The molecule has 0 unspecified atom stereocenters. The van der Waals surface area contributed by atoms with Crippen molar-refractivity contribution in [3.63, 3.8) is 0 Å². The van der Waals surface area contributed by atoms with Crippen LogP contribution in [0.5, 0.6) is 0 Å². The predicted molar refractivity (Wildman–Crippen MR) is 89.4 cm³/mol. The number of para-hydroxylation sites is 1. The maximum absolute atomic E-state index is 12.1. The number of aryl methyl sites for hydroxylation is 1. The molecule has 0 saturated carbocycles. The average Bonchev–Trinajstić information content (AvgIpc) is 2.75. The Balaban J connectivity index is 1.96. The van der Waals surface area contributed by atoms with Crippen molar-refractivity contribution in [2.75, 3.05) is 18.9 Å². The second-order valence-electron chi connectivity index (χ2n) is 5.20. The molecule has 22 heavy (non-hydrogen) atoms. The molecule has 0 aliphatic heterocycles. The Hall–Kier alpha value is -1.56. The van der Waals surface area contributed by atoms with Crippen LogP contribution in [0.1, 0.15) is 11.3 Å². The van der Waals surface area contributed by atoms with Gasteiger partial charge in [0.25, 0.3) is 0 Å². The van der Waals surface area contributed by atoms with Gasteiger partial charge in [0.15, 0.2) is 0 Å². The van der Waals surface area contributed by atoms with Gasteiger partial charge in [0.2, 0.25) is 5.91 Å². The summed E-state index contributed by atoms with van der Waals surface area (Å²) in [6.45, 7) is 2.87. The van der Waals surface area contributed by atoms with E-state index < -0.39 is 0 Å². The first-order valence-electron chi connectivity index (χ1n) is 6.78. The molecule has 0 fully saturated rings. The van der Waals surface area contributed by atoms with Crippen LogP contribution in [-0.2, 0) is 18.4 Å². The highest BCUT2D eigenvalue weighted by atomic mass is 35.5. The molecule has 0 aliphatic carbocycles. The maximum Gasteiger partial charge on any atom is 0.238 e. The van der Waals surface area contributed by atoms with Crippen LogP contribution < -0.4 is 5.32 Å². The summed E-state index contributed by atoms with van der Waals surface area (Å²) in [7, 11) is 3.77. The lowest BCUT2D eigenvalue weighted by atomic mass is 10.2. The Morgan fingerprint density at radius 3 is 2.55 bits per heavy atom. The minimum atomic E-state index is -0.168. The molecular weight excluding hydrogens is 323 g/mol. The maximum atomic E-state index is 12.1. The second-order valence-corrected chi connectivity index (χ2v) is 6.01. The van der Waals surface area contributed by atoms with E-state index in [1.165, 1.54) is 0 Å². The Morgan fingerprint density at radius 1 is 1.36 bits per heavy atom. The fraction of sp³-hybridized carbons (Fsp3) is 0.333. The summed E-state index contributed by atoms with van der Waals surface area (Å²) in [5.41, 5.74) is 2.62. The molecule has 7 heteroatoms. The third-order valence-electron chi connectivity index (χ3n) is 3.42. The zero-order chi connectivity index (χ0) is 16.3. The SMILES string of the molecule is Cc1c(CN(C)CC(=O)Nc2c(Cl)cccc2Cl)cnn1C. The van der Waals surface area contributed by atoms with Crippen molar-refractivity contribution >= 4 is 34.8 Å². The Morgan fingerprint density at radius 2 is 2.00 bits per heavy atom. The van der Waals surface area contributed by atoms with E-state index in [2.05, 4.69) is 10.4 Å². The van der Waals surface area contributed by atoms with Gasteiger partial charge in [0.1, 0.15) is 0 Å². The fourth-order valence-electron chi connectivity index (χ4n) is 2.09. The van der Waals surface area contributed by atoms with Gasteiger partial charge in [0.05, 0.1) is 28.5 Å². The predicted octanol–water partition coefficient (Wildman–Crippen LogP) is 3.11. The molecule has 0 atom stereocenters. The zero-order valence-corrected chi connectivity index (χ0v) is 14.2. The number of hydrogen-bond acceptors (Lipinski definition) is 3. The molecule has 1 amide bonds. The van der Waals surface area contributed by atoms with Gasteiger partial charge < -0.3 is 5.32 Å². The Labute approximate surface area is 139 Å². The molecule has 0 aliphatic rings. The number of halogens is 2. The average molecular weight is 341 g/mol. The van der Waals surface area contributed by atoms with Crippen LogP contribution in [0.15, 0.2) is 24.4 Å². The van der Waals surface area contributed by atoms with E-state index in [1.807, 2.05) is 36.8 Å². The molecule has 2 aromatic rings. The summed E-state index contributed by atoms with van der Waals surface area (Å²) in [5.74, 6) is -0.168. The largest absolute Gasteiger partial charge is 0.322 e. The third-order valence-corrected chi connectivity index (χ3v) is 4.05. The molecule has 5 nitrogen and oxygen atoms in total. The van der Waals surface area contributed by atoms with Gasteiger partial charge in [-0.1, -0.05) is 29.3 Å². The summed E-state index contributed by atoms with van der Waals surface area (Å²) < 4.78 is 1.81. The number of nitrogens with zero attached hydrogens (tertiary/aromatic N) is 3. The quantitative estimate of drug-likeness (QED) is 0.909. The zero-order valence-electron chi connectivity index (χ0n) is 12.7. The van der Waals surface area contributed by atoms with Gasteiger partial charge >= 0.3 is 0 Å². The van der Waals surface area contributed by atoms with Crippen LogP contribution in [0.2, 0.25) is 10.0 Å². The standard InChI is InChI=1S/C15H18Cl2N4O/c1-10-11(7-18-21(10)3)8-20(2)9-14(22)19-15-12(16)5-4-6-13(15)17/h4-7H,8-9H2,1-3H3,(H,19,22). The van der Waals surface area contributed by atoms with Crippen molar-refractivity contribution < 1.29 is 4.79 Å². The molecule has 1 heterocycles. The van der Waals surface area contributed by atoms with Crippen molar-refractivity contribution in [1.82, 2.24) is 14.7 Å². The number of hydrogen-bond donors (Lipinski definition) is 1. The number of aromatic nitrogens is 2. The molecule has 1 N–H and O–H groups in total. The highest BCUT2D eigenvalue weighted by Gasteiger charge is 2.13. The van der Waals surface area contributed by atoms with E-state index in [0.717, 1.165) is 11.3 Å². The second kappa shape index (κ2) is 7.13. The van der Waals surface area contributed by atoms with Crippen molar-refractivity contribution in [2.24, 2.45) is 7.05 Å². The number of amides is 1. The lowest BCUT2D eigenvalue weighted by molar-refractivity contribution is -0.117. The van der Waals surface area contributed by atoms with E-state index in [1.54, 1.807) is 18.2 Å². The van der Waals surface area contributed by atoms with Gasteiger partial charge in [-0.2, -0.15) is 5.10 Å². The van der Waals surface area contributed by atoms with Crippen LogP contribution in [0.25, 0.3) is 0 Å².